The normalized spacial score (nSPS) is 12.0. The highest BCUT2D eigenvalue weighted by atomic mass is 16.3. The van der Waals surface area contributed by atoms with E-state index in [1.165, 1.54) is 43.4 Å². The molecule has 0 aliphatic rings. The molecule has 0 amide bonds. The van der Waals surface area contributed by atoms with Crippen LogP contribution in [0.4, 0.5) is 34.1 Å². The summed E-state index contributed by atoms with van der Waals surface area (Å²) in [7, 11) is 0. The van der Waals surface area contributed by atoms with Gasteiger partial charge in [0.05, 0.1) is 11.4 Å². The molecular weight excluding hydrogens is 709 g/mol. The molecule has 4 nitrogen and oxygen atoms in total. The van der Waals surface area contributed by atoms with E-state index in [-0.39, 0.29) is 0 Å². The highest BCUT2D eigenvalue weighted by Gasteiger charge is 2.23. The van der Waals surface area contributed by atoms with Crippen molar-refractivity contribution in [1.29, 1.82) is 0 Å². The lowest BCUT2D eigenvalue weighted by molar-refractivity contribution is 0.668. The second-order valence-electron chi connectivity index (χ2n) is 15.5. The van der Waals surface area contributed by atoms with Crippen molar-refractivity contribution in [2.24, 2.45) is 0 Å². The highest BCUT2D eigenvalue weighted by molar-refractivity contribution is 6.28. The van der Waals surface area contributed by atoms with Gasteiger partial charge in [0.15, 0.2) is 0 Å². The Balaban J connectivity index is 1.10. The summed E-state index contributed by atoms with van der Waals surface area (Å²) in [4.78, 5) is 4.80. The van der Waals surface area contributed by atoms with Crippen LogP contribution in [0.5, 0.6) is 0 Å². The first-order valence-corrected chi connectivity index (χ1v) is 19.8. The van der Waals surface area contributed by atoms with Crippen molar-refractivity contribution in [3.8, 4) is 0 Å². The van der Waals surface area contributed by atoms with Crippen LogP contribution in [0.2, 0.25) is 0 Å². The zero-order valence-electron chi connectivity index (χ0n) is 32.0. The smallest absolute Gasteiger partial charge is 0.135 e. The number of rotatable bonds is 6. The van der Waals surface area contributed by atoms with Gasteiger partial charge in [-0.3, -0.25) is 0 Å². The third kappa shape index (κ3) is 4.95. The number of benzene rings is 10. The zero-order valence-corrected chi connectivity index (χ0v) is 32.0. The number of aryl methyl sites for hydroxylation is 2. The van der Waals surface area contributed by atoms with Crippen molar-refractivity contribution in [3.63, 3.8) is 0 Å². The molecule has 0 saturated heterocycles. The SMILES string of the molecule is Cc1ccc(N(c2ccc3oc4ccccc4c3c2)c2ccc3ccc4c(N(c5ccc(C)cc5)c5ccc6oc7ccccc7c6c5)ccc5ccc2c3c54)cc1. The van der Waals surface area contributed by atoms with Crippen LogP contribution in [0.3, 0.4) is 0 Å². The Morgan fingerprint density at radius 1 is 0.310 bits per heavy atom. The minimum atomic E-state index is 0.884. The maximum absolute atomic E-state index is 6.27. The lowest BCUT2D eigenvalue weighted by atomic mass is 9.91. The molecule has 0 N–H and O–H groups in total. The Bertz CT molecular complexity index is 3300. The lowest BCUT2D eigenvalue weighted by Crippen LogP contribution is -2.11. The molecule has 0 saturated carbocycles. The van der Waals surface area contributed by atoms with E-state index in [9.17, 15) is 0 Å². The monoisotopic (exact) mass is 744 g/mol. The summed E-state index contributed by atoms with van der Waals surface area (Å²) in [5, 5.41) is 11.7. The van der Waals surface area contributed by atoms with Crippen molar-refractivity contribution in [2.45, 2.75) is 13.8 Å². The first kappa shape index (κ1) is 32.7. The Labute approximate surface area is 334 Å². The van der Waals surface area contributed by atoms with E-state index >= 15 is 0 Å². The van der Waals surface area contributed by atoms with Crippen LogP contribution in [0.15, 0.2) is 191 Å². The first-order chi connectivity index (χ1) is 28.6. The van der Waals surface area contributed by atoms with Crippen LogP contribution < -0.4 is 9.80 Å². The number of nitrogens with zero attached hydrogens (tertiary/aromatic N) is 2. The van der Waals surface area contributed by atoms with Gasteiger partial charge < -0.3 is 18.6 Å². The van der Waals surface area contributed by atoms with Crippen LogP contribution in [-0.2, 0) is 0 Å². The molecule has 274 valence electrons. The molecule has 0 fully saturated rings. The number of hydrogen-bond acceptors (Lipinski definition) is 4. The third-order valence-corrected chi connectivity index (χ3v) is 11.9. The minimum Gasteiger partial charge on any atom is -0.456 e. The lowest BCUT2D eigenvalue weighted by Gasteiger charge is -2.29. The number of para-hydroxylation sites is 2. The number of fused-ring (bicyclic) bond motifs is 6. The number of furan rings is 2. The van der Waals surface area contributed by atoms with E-state index in [0.29, 0.717) is 0 Å². The molecule has 12 aromatic rings. The molecule has 0 spiro atoms. The van der Waals surface area contributed by atoms with E-state index in [4.69, 9.17) is 8.83 Å². The summed E-state index contributed by atoms with van der Waals surface area (Å²) < 4.78 is 12.5. The summed E-state index contributed by atoms with van der Waals surface area (Å²) in [5.41, 5.74) is 12.6. The highest BCUT2D eigenvalue weighted by Crippen LogP contribution is 2.48. The van der Waals surface area contributed by atoms with Crippen LogP contribution in [0.25, 0.3) is 76.2 Å². The quantitative estimate of drug-likeness (QED) is 0.159. The predicted molar refractivity (Wildman–Crippen MR) is 244 cm³/mol. The average Bonchev–Trinajstić information content (AvgIpc) is 3.83. The molecule has 0 unspecified atom stereocenters. The molecule has 0 radical (unpaired) electrons. The van der Waals surface area contributed by atoms with E-state index in [1.54, 1.807) is 0 Å². The van der Waals surface area contributed by atoms with Gasteiger partial charge in [-0.05, 0) is 120 Å². The van der Waals surface area contributed by atoms with E-state index in [0.717, 1.165) is 78.0 Å². The van der Waals surface area contributed by atoms with Gasteiger partial charge in [-0.1, -0.05) is 108 Å². The van der Waals surface area contributed by atoms with Gasteiger partial charge in [-0.25, -0.2) is 0 Å². The van der Waals surface area contributed by atoms with Crippen LogP contribution in [0, 0.1) is 13.8 Å². The molecule has 12 rings (SSSR count). The van der Waals surface area contributed by atoms with Crippen LogP contribution in [-0.4, -0.2) is 0 Å². The summed E-state index contributed by atoms with van der Waals surface area (Å²) in [5.74, 6) is 0. The van der Waals surface area contributed by atoms with E-state index in [1.807, 2.05) is 24.3 Å². The number of hydrogen-bond donors (Lipinski definition) is 0. The Hall–Kier alpha value is -7.56. The van der Waals surface area contributed by atoms with Gasteiger partial charge in [0.25, 0.3) is 0 Å². The Morgan fingerprint density at radius 3 is 1.14 bits per heavy atom. The fourth-order valence-electron chi connectivity index (χ4n) is 9.11. The van der Waals surface area contributed by atoms with Gasteiger partial charge >= 0.3 is 0 Å². The largest absolute Gasteiger partial charge is 0.456 e. The summed E-state index contributed by atoms with van der Waals surface area (Å²) in [6.07, 6.45) is 0. The Morgan fingerprint density at radius 2 is 0.690 bits per heavy atom. The fraction of sp³-hybridized carbons (Fsp3) is 0.0370. The minimum absolute atomic E-state index is 0.884. The molecule has 58 heavy (non-hydrogen) atoms. The van der Waals surface area contributed by atoms with Gasteiger partial charge in [-0.15, -0.1) is 0 Å². The molecule has 2 heterocycles. The standard InChI is InChI=1S/C54H36N2O2/c1-33-11-19-37(20-12-33)55(39-23-29-51-45(31-39)41-7-3-5-9-49(41)57-51)47-27-17-35-16-26-44-48(28-18-36-15-25-43(47)53(35)54(36)44)56(38-21-13-34(2)14-22-38)40-24-30-52-46(32-40)42-8-4-6-10-50(42)58-52/h3-32H,1-2H3. The molecular formula is C54H36N2O2. The molecule has 4 heteroatoms. The summed E-state index contributed by atoms with van der Waals surface area (Å²) in [6, 6.07) is 65.7. The van der Waals surface area contributed by atoms with Crippen molar-refractivity contribution in [3.05, 3.63) is 193 Å². The van der Waals surface area contributed by atoms with Crippen molar-refractivity contribution in [1.82, 2.24) is 0 Å². The summed E-state index contributed by atoms with van der Waals surface area (Å²) >= 11 is 0. The van der Waals surface area contributed by atoms with Crippen molar-refractivity contribution >= 4 is 110 Å². The predicted octanol–water partition coefficient (Wildman–Crippen LogP) is 15.9. The Kier molecular flexibility index (Phi) is 7.02. The van der Waals surface area contributed by atoms with Crippen LogP contribution in [0.1, 0.15) is 11.1 Å². The van der Waals surface area contributed by atoms with Crippen molar-refractivity contribution < 1.29 is 8.83 Å². The molecule has 10 aromatic carbocycles. The fourth-order valence-corrected chi connectivity index (χ4v) is 9.11. The maximum atomic E-state index is 6.27. The zero-order chi connectivity index (χ0) is 38.5. The van der Waals surface area contributed by atoms with Gasteiger partial charge in [-0.2, -0.15) is 0 Å². The molecule has 0 bridgehead atoms. The molecule has 0 aliphatic carbocycles. The number of anilines is 6. The molecule has 0 atom stereocenters. The first-order valence-electron chi connectivity index (χ1n) is 19.8. The topological polar surface area (TPSA) is 32.8 Å². The maximum Gasteiger partial charge on any atom is 0.135 e. The van der Waals surface area contributed by atoms with E-state index in [2.05, 4.69) is 181 Å². The van der Waals surface area contributed by atoms with Crippen molar-refractivity contribution in [2.75, 3.05) is 9.80 Å². The average molecular weight is 745 g/mol. The van der Waals surface area contributed by atoms with Gasteiger partial charge in [0, 0.05) is 55.1 Å². The van der Waals surface area contributed by atoms with E-state index < -0.39 is 0 Å². The molecule has 2 aromatic heterocycles. The second-order valence-corrected chi connectivity index (χ2v) is 15.5. The summed E-state index contributed by atoms with van der Waals surface area (Å²) in [6.45, 7) is 4.28. The molecule has 0 aliphatic heterocycles. The van der Waals surface area contributed by atoms with Crippen LogP contribution >= 0.6 is 0 Å². The van der Waals surface area contributed by atoms with Gasteiger partial charge in [0.1, 0.15) is 22.3 Å². The third-order valence-electron chi connectivity index (χ3n) is 11.9. The van der Waals surface area contributed by atoms with Gasteiger partial charge in [0.2, 0.25) is 0 Å². The second kappa shape index (κ2) is 12.5.